The fourth-order valence-electron chi connectivity index (χ4n) is 1.90. The number of benzene rings is 2. The number of carbonyl (C=O) groups excluding carboxylic acids is 2. The van der Waals surface area contributed by atoms with E-state index in [9.17, 15) is 9.59 Å². The lowest BCUT2D eigenvalue weighted by Gasteiger charge is -2.09. The van der Waals surface area contributed by atoms with Gasteiger partial charge in [-0.1, -0.05) is 41.9 Å². The van der Waals surface area contributed by atoms with Crippen LogP contribution in [-0.2, 0) is 16.1 Å². The minimum atomic E-state index is -0.667. The van der Waals surface area contributed by atoms with Gasteiger partial charge in [-0.05, 0) is 23.8 Å². The SMILES string of the molecule is COc1ccc(Cl)cc1C(=O)OCC(=O)NCc1ccccc1. The quantitative estimate of drug-likeness (QED) is 0.826. The fraction of sp³-hybridized carbons (Fsp3) is 0.176. The summed E-state index contributed by atoms with van der Waals surface area (Å²) in [4.78, 5) is 23.7. The maximum Gasteiger partial charge on any atom is 0.342 e. The van der Waals surface area contributed by atoms with Crippen molar-refractivity contribution in [3.8, 4) is 5.75 Å². The molecule has 0 bridgehead atoms. The van der Waals surface area contributed by atoms with Crippen molar-refractivity contribution in [1.82, 2.24) is 5.32 Å². The van der Waals surface area contributed by atoms with Gasteiger partial charge in [-0.15, -0.1) is 0 Å². The minimum Gasteiger partial charge on any atom is -0.496 e. The van der Waals surface area contributed by atoms with Crippen LogP contribution in [0.15, 0.2) is 48.5 Å². The lowest BCUT2D eigenvalue weighted by atomic mass is 10.2. The summed E-state index contributed by atoms with van der Waals surface area (Å²) in [7, 11) is 1.44. The second-order valence-corrected chi connectivity index (χ2v) is 5.12. The lowest BCUT2D eigenvalue weighted by Crippen LogP contribution is -2.28. The molecule has 0 aliphatic rings. The molecule has 0 radical (unpaired) electrons. The topological polar surface area (TPSA) is 64.6 Å². The van der Waals surface area contributed by atoms with Crippen molar-refractivity contribution in [3.05, 3.63) is 64.7 Å². The van der Waals surface area contributed by atoms with E-state index in [1.54, 1.807) is 12.1 Å². The second kappa shape index (κ2) is 8.19. The van der Waals surface area contributed by atoms with E-state index in [1.165, 1.54) is 13.2 Å². The molecule has 1 N–H and O–H groups in total. The predicted octanol–water partition coefficient (Wildman–Crippen LogP) is 2.82. The third kappa shape index (κ3) is 5.00. The Morgan fingerprint density at radius 2 is 1.87 bits per heavy atom. The molecule has 120 valence electrons. The summed E-state index contributed by atoms with van der Waals surface area (Å²) in [6, 6.07) is 14.0. The van der Waals surface area contributed by atoms with Crippen LogP contribution in [0.2, 0.25) is 5.02 Å². The van der Waals surface area contributed by atoms with E-state index in [-0.39, 0.29) is 18.1 Å². The van der Waals surface area contributed by atoms with Crippen LogP contribution < -0.4 is 10.1 Å². The maximum absolute atomic E-state index is 12.0. The third-order valence-electron chi connectivity index (χ3n) is 3.05. The number of carbonyl (C=O) groups is 2. The Balaban J connectivity index is 1.86. The van der Waals surface area contributed by atoms with Gasteiger partial charge in [0.05, 0.1) is 7.11 Å². The Kier molecular flexibility index (Phi) is 6.00. The number of ether oxygens (including phenoxy) is 2. The molecule has 0 saturated heterocycles. The summed E-state index contributed by atoms with van der Waals surface area (Å²) in [5, 5.41) is 3.05. The van der Waals surface area contributed by atoms with Crippen LogP contribution in [0.5, 0.6) is 5.75 Å². The third-order valence-corrected chi connectivity index (χ3v) is 3.28. The smallest absolute Gasteiger partial charge is 0.342 e. The summed E-state index contributed by atoms with van der Waals surface area (Å²) >= 11 is 5.86. The van der Waals surface area contributed by atoms with Crippen molar-refractivity contribution in [1.29, 1.82) is 0 Å². The molecule has 0 heterocycles. The normalized spacial score (nSPS) is 10.0. The summed E-state index contributed by atoms with van der Waals surface area (Å²) < 4.78 is 10.1. The Bertz CT molecular complexity index is 688. The largest absolute Gasteiger partial charge is 0.496 e. The second-order valence-electron chi connectivity index (χ2n) is 4.68. The van der Waals surface area contributed by atoms with Gasteiger partial charge in [-0.2, -0.15) is 0 Å². The maximum atomic E-state index is 12.0. The van der Waals surface area contributed by atoms with Gasteiger partial charge >= 0.3 is 5.97 Å². The van der Waals surface area contributed by atoms with E-state index in [4.69, 9.17) is 21.1 Å². The number of halogens is 1. The number of esters is 1. The highest BCUT2D eigenvalue weighted by Crippen LogP contribution is 2.23. The van der Waals surface area contributed by atoms with Gasteiger partial charge in [0.15, 0.2) is 6.61 Å². The van der Waals surface area contributed by atoms with Gasteiger partial charge in [0.25, 0.3) is 5.91 Å². The molecule has 0 atom stereocenters. The summed E-state index contributed by atoms with van der Waals surface area (Å²) in [5.74, 6) is -0.716. The molecular weight excluding hydrogens is 318 g/mol. The van der Waals surface area contributed by atoms with Crippen LogP contribution in [0.4, 0.5) is 0 Å². The molecule has 2 aromatic carbocycles. The van der Waals surface area contributed by atoms with Gasteiger partial charge in [-0.3, -0.25) is 4.79 Å². The summed E-state index contributed by atoms with van der Waals surface area (Å²) in [6.07, 6.45) is 0. The van der Waals surface area contributed by atoms with Crippen LogP contribution in [0, 0.1) is 0 Å². The highest BCUT2D eigenvalue weighted by atomic mass is 35.5. The van der Waals surface area contributed by atoms with Crippen molar-refractivity contribution in [3.63, 3.8) is 0 Å². The predicted molar refractivity (Wildman–Crippen MR) is 86.6 cm³/mol. The van der Waals surface area contributed by atoms with Gasteiger partial charge in [0.1, 0.15) is 11.3 Å². The van der Waals surface area contributed by atoms with Crippen molar-refractivity contribution in [2.45, 2.75) is 6.54 Å². The molecule has 0 fully saturated rings. The molecular formula is C17H16ClNO4. The Labute approximate surface area is 139 Å². The average molecular weight is 334 g/mol. The van der Waals surface area contributed by atoms with Crippen molar-refractivity contribution in [2.75, 3.05) is 13.7 Å². The van der Waals surface area contributed by atoms with Crippen LogP contribution in [0.3, 0.4) is 0 Å². The Hall–Kier alpha value is -2.53. The molecule has 0 aliphatic carbocycles. The highest BCUT2D eigenvalue weighted by Gasteiger charge is 2.15. The zero-order valence-electron chi connectivity index (χ0n) is 12.5. The van der Waals surface area contributed by atoms with E-state index in [1.807, 2.05) is 30.3 Å². The number of rotatable bonds is 6. The van der Waals surface area contributed by atoms with E-state index in [0.29, 0.717) is 17.3 Å². The van der Waals surface area contributed by atoms with Gasteiger partial charge in [0, 0.05) is 11.6 Å². The summed E-state index contributed by atoms with van der Waals surface area (Å²) in [6.45, 7) is -0.000948. The first kappa shape index (κ1) is 16.8. The molecule has 0 saturated carbocycles. The molecule has 2 aromatic rings. The molecule has 0 aromatic heterocycles. The van der Waals surface area contributed by atoms with Crippen molar-refractivity contribution in [2.24, 2.45) is 0 Å². The highest BCUT2D eigenvalue weighted by molar-refractivity contribution is 6.31. The monoisotopic (exact) mass is 333 g/mol. The van der Waals surface area contributed by atoms with E-state index in [2.05, 4.69) is 5.32 Å². The van der Waals surface area contributed by atoms with Gasteiger partial charge < -0.3 is 14.8 Å². The number of amides is 1. The van der Waals surface area contributed by atoms with Crippen LogP contribution in [-0.4, -0.2) is 25.6 Å². The molecule has 6 heteroatoms. The first-order valence-corrected chi connectivity index (χ1v) is 7.29. The van der Waals surface area contributed by atoms with Crippen LogP contribution >= 0.6 is 11.6 Å². The molecule has 0 spiro atoms. The standard InChI is InChI=1S/C17H16ClNO4/c1-22-15-8-7-13(18)9-14(15)17(21)23-11-16(20)19-10-12-5-3-2-4-6-12/h2-9H,10-11H2,1H3,(H,19,20). The molecule has 5 nitrogen and oxygen atoms in total. The zero-order chi connectivity index (χ0) is 16.7. The number of methoxy groups -OCH3 is 1. The fourth-order valence-corrected chi connectivity index (χ4v) is 2.07. The van der Waals surface area contributed by atoms with Crippen molar-refractivity contribution < 1.29 is 19.1 Å². The Morgan fingerprint density at radius 3 is 2.57 bits per heavy atom. The average Bonchev–Trinajstić information content (AvgIpc) is 2.58. The molecule has 0 unspecified atom stereocenters. The Morgan fingerprint density at radius 1 is 1.13 bits per heavy atom. The molecule has 1 amide bonds. The molecule has 0 aliphatic heterocycles. The van der Waals surface area contributed by atoms with Gasteiger partial charge in [0.2, 0.25) is 0 Å². The first-order chi connectivity index (χ1) is 11.1. The minimum absolute atomic E-state index is 0.177. The van der Waals surface area contributed by atoms with Crippen molar-refractivity contribution >= 4 is 23.5 Å². The van der Waals surface area contributed by atoms with Crippen LogP contribution in [0.1, 0.15) is 15.9 Å². The zero-order valence-corrected chi connectivity index (χ0v) is 13.3. The van der Waals surface area contributed by atoms with Gasteiger partial charge in [-0.25, -0.2) is 4.79 Å². The number of hydrogen-bond donors (Lipinski definition) is 1. The molecule has 23 heavy (non-hydrogen) atoms. The van der Waals surface area contributed by atoms with Crippen LogP contribution in [0.25, 0.3) is 0 Å². The summed E-state index contributed by atoms with van der Waals surface area (Å²) in [5.41, 5.74) is 1.14. The van der Waals surface area contributed by atoms with E-state index < -0.39 is 5.97 Å². The number of hydrogen-bond acceptors (Lipinski definition) is 4. The number of nitrogens with one attached hydrogen (secondary N) is 1. The van der Waals surface area contributed by atoms with E-state index >= 15 is 0 Å². The lowest BCUT2D eigenvalue weighted by molar-refractivity contribution is -0.124. The first-order valence-electron chi connectivity index (χ1n) is 6.91. The molecule has 2 rings (SSSR count). The van der Waals surface area contributed by atoms with E-state index in [0.717, 1.165) is 5.56 Å².